The predicted octanol–water partition coefficient (Wildman–Crippen LogP) is 2.27. The van der Waals surface area contributed by atoms with Crippen LogP contribution >= 0.6 is 11.3 Å². The molecule has 1 aromatic heterocycles. The lowest BCUT2D eigenvalue weighted by atomic mass is 10.1. The molecule has 2 rings (SSSR count). The van der Waals surface area contributed by atoms with Gasteiger partial charge in [-0.15, -0.1) is 11.3 Å². The summed E-state index contributed by atoms with van der Waals surface area (Å²) in [5, 5.41) is 10.8. The summed E-state index contributed by atoms with van der Waals surface area (Å²) in [6.45, 7) is 0. The van der Waals surface area contributed by atoms with E-state index in [-0.39, 0.29) is 0 Å². The number of thiazole rings is 1. The fraction of sp³-hybridized carbons (Fsp3) is 0. The Morgan fingerprint density at radius 3 is 2.56 bits per heavy atom. The number of hydrogen-bond acceptors (Lipinski definition) is 4. The van der Waals surface area contributed by atoms with Gasteiger partial charge in [0.05, 0.1) is 5.69 Å². The molecule has 16 heavy (non-hydrogen) atoms. The SMILES string of the molecule is N#CC#Cc1ccc(-c2csc(N)n2)cc1. The minimum Gasteiger partial charge on any atom is -0.375 e. The highest BCUT2D eigenvalue weighted by molar-refractivity contribution is 7.13. The summed E-state index contributed by atoms with van der Waals surface area (Å²) in [6.07, 6.45) is 0. The van der Waals surface area contributed by atoms with Crippen LogP contribution in [-0.4, -0.2) is 4.98 Å². The zero-order valence-electron chi connectivity index (χ0n) is 8.27. The van der Waals surface area contributed by atoms with Gasteiger partial charge in [-0.3, -0.25) is 0 Å². The van der Waals surface area contributed by atoms with E-state index in [1.165, 1.54) is 11.3 Å². The van der Waals surface area contributed by atoms with Crippen LogP contribution in [-0.2, 0) is 0 Å². The van der Waals surface area contributed by atoms with E-state index in [4.69, 9.17) is 11.0 Å². The van der Waals surface area contributed by atoms with Gasteiger partial charge in [0.25, 0.3) is 0 Å². The Kier molecular flexibility index (Phi) is 2.86. The number of rotatable bonds is 1. The lowest BCUT2D eigenvalue weighted by Gasteiger charge is -1.95. The third kappa shape index (κ3) is 2.20. The maximum absolute atomic E-state index is 8.32. The number of aromatic nitrogens is 1. The van der Waals surface area contributed by atoms with E-state index in [0.717, 1.165) is 16.8 Å². The predicted molar refractivity (Wildman–Crippen MR) is 64.5 cm³/mol. The molecule has 2 N–H and O–H groups in total. The van der Waals surface area contributed by atoms with E-state index in [0.29, 0.717) is 5.13 Å². The first-order valence-corrected chi connectivity index (χ1v) is 5.39. The van der Waals surface area contributed by atoms with Gasteiger partial charge in [0.1, 0.15) is 0 Å². The maximum atomic E-state index is 8.32. The molecule has 0 aliphatic heterocycles. The fourth-order valence-electron chi connectivity index (χ4n) is 1.24. The number of nitrogen functional groups attached to an aromatic ring is 1. The molecule has 3 nitrogen and oxygen atoms in total. The Morgan fingerprint density at radius 2 is 2.00 bits per heavy atom. The number of hydrogen-bond donors (Lipinski definition) is 1. The van der Waals surface area contributed by atoms with Gasteiger partial charge in [0.2, 0.25) is 0 Å². The maximum Gasteiger partial charge on any atom is 0.180 e. The molecule has 0 fully saturated rings. The van der Waals surface area contributed by atoms with E-state index in [2.05, 4.69) is 16.8 Å². The van der Waals surface area contributed by atoms with Crippen LogP contribution in [0.4, 0.5) is 5.13 Å². The molecule has 0 aliphatic rings. The molecule has 0 saturated heterocycles. The number of nitrogens with two attached hydrogens (primary N) is 1. The zero-order valence-corrected chi connectivity index (χ0v) is 9.08. The lowest BCUT2D eigenvalue weighted by molar-refractivity contribution is 1.41. The topological polar surface area (TPSA) is 62.7 Å². The molecule has 0 spiro atoms. The summed E-state index contributed by atoms with van der Waals surface area (Å²) in [4.78, 5) is 4.18. The van der Waals surface area contributed by atoms with Crippen molar-refractivity contribution in [3.63, 3.8) is 0 Å². The van der Waals surface area contributed by atoms with Crippen LogP contribution in [0.25, 0.3) is 11.3 Å². The fourth-order valence-corrected chi connectivity index (χ4v) is 1.82. The van der Waals surface area contributed by atoms with Gasteiger partial charge in [-0.05, 0) is 12.1 Å². The van der Waals surface area contributed by atoms with Crippen LogP contribution in [0.15, 0.2) is 29.6 Å². The van der Waals surface area contributed by atoms with Crippen molar-refractivity contribution in [2.75, 3.05) is 5.73 Å². The van der Waals surface area contributed by atoms with Crippen molar-refractivity contribution >= 4 is 16.5 Å². The number of benzene rings is 1. The highest BCUT2D eigenvalue weighted by atomic mass is 32.1. The summed E-state index contributed by atoms with van der Waals surface area (Å²) in [7, 11) is 0. The molecule has 0 atom stereocenters. The van der Waals surface area contributed by atoms with Crippen LogP contribution in [0.2, 0.25) is 0 Å². The Labute approximate surface area is 97.2 Å². The van der Waals surface area contributed by atoms with E-state index in [1.807, 2.05) is 29.6 Å². The first kappa shape index (κ1) is 10.2. The van der Waals surface area contributed by atoms with Crippen LogP contribution in [0.3, 0.4) is 0 Å². The van der Waals surface area contributed by atoms with Crippen LogP contribution in [0.1, 0.15) is 5.56 Å². The van der Waals surface area contributed by atoms with Crippen molar-refractivity contribution in [1.82, 2.24) is 4.98 Å². The van der Waals surface area contributed by atoms with Crippen molar-refractivity contribution in [3.8, 4) is 29.2 Å². The normalized spacial score (nSPS) is 8.94. The minimum absolute atomic E-state index is 0.559. The second kappa shape index (κ2) is 4.48. The smallest absolute Gasteiger partial charge is 0.180 e. The van der Waals surface area contributed by atoms with Gasteiger partial charge in [-0.25, -0.2) is 4.98 Å². The zero-order chi connectivity index (χ0) is 11.4. The average molecular weight is 225 g/mol. The largest absolute Gasteiger partial charge is 0.375 e. The first-order valence-electron chi connectivity index (χ1n) is 4.51. The summed E-state index contributed by atoms with van der Waals surface area (Å²) >= 11 is 1.41. The van der Waals surface area contributed by atoms with E-state index < -0.39 is 0 Å². The minimum atomic E-state index is 0.559. The van der Waals surface area contributed by atoms with Crippen molar-refractivity contribution in [1.29, 1.82) is 5.26 Å². The molecule has 1 heterocycles. The quantitative estimate of drug-likeness (QED) is 0.757. The van der Waals surface area contributed by atoms with Gasteiger partial charge in [-0.1, -0.05) is 18.1 Å². The molecule has 0 radical (unpaired) electrons. The van der Waals surface area contributed by atoms with Gasteiger partial charge in [0, 0.05) is 22.4 Å². The Hall–Kier alpha value is -2.30. The second-order valence-corrected chi connectivity index (χ2v) is 3.90. The van der Waals surface area contributed by atoms with Crippen molar-refractivity contribution in [2.45, 2.75) is 0 Å². The summed E-state index contributed by atoms with van der Waals surface area (Å²) in [6, 6.07) is 9.32. The molecule has 0 bridgehead atoms. The molecule has 1 aromatic carbocycles. The number of anilines is 1. The summed E-state index contributed by atoms with van der Waals surface area (Å²) in [5.41, 5.74) is 8.23. The van der Waals surface area contributed by atoms with Crippen LogP contribution in [0, 0.1) is 23.2 Å². The summed E-state index contributed by atoms with van der Waals surface area (Å²) < 4.78 is 0. The van der Waals surface area contributed by atoms with Crippen molar-refractivity contribution in [3.05, 3.63) is 35.2 Å². The van der Waals surface area contributed by atoms with E-state index >= 15 is 0 Å². The lowest BCUT2D eigenvalue weighted by Crippen LogP contribution is -1.83. The molecule has 76 valence electrons. The molecule has 0 unspecified atom stereocenters. The Balaban J connectivity index is 2.30. The van der Waals surface area contributed by atoms with Gasteiger partial charge in [0.15, 0.2) is 11.2 Å². The van der Waals surface area contributed by atoms with Crippen molar-refractivity contribution < 1.29 is 0 Å². The van der Waals surface area contributed by atoms with E-state index in [9.17, 15) is 0 Å². The monoisotopic (exact) mass is 225 g/mol. The third-order valence-electron chi connectivity index (χ3n) is 1.97. The highest BCUT2D eigenvalue weighted by Gasteiger charge is 2.01. The van der Waals surface area contributed by atoms with Gasteiger partial charge < -0.3 is 5.73 Å². The highest BCUT2D eigenvalue weighted by Crippen LogP contribution is 2.22. The van der Waals surface area contributed by atoms with Crippen molar-refractivity contribution in [2.24, 2.45) is 0 Å². The Morgan fingerprint density at radius 1 is 1.25 bits per heavy atom. The van der Waals surface area contributed by atoms with Crippen LogP contribution < -0.4 is 5.73 Å². The molecule has 4 heteroatoms. The van der Waals surface area contributed by atoms with Crippen LogP contribution in [0.5, 0.6) is 0 Å². The van der Waals surface area contributed by atoms with Gasteiger partial charge >= 0.3 is 0 Å². The molecule has 0 amide bonds. The molecular weight excluding hydrogens is 218 g/mol. The molecule has 0 saturated carbocycles. The standard InChI is InChI=1S/C12H7N3S/c13-7-1-2-9-3-5-10(6-4-9)11-8-16-12(14)15-11/h3-6,8H,(H2,14,15). The van der Waals surface area contributed by atoms with Gasteiger partial charge in [-0.2, -0.15) is 5.26 Å². The first-order chi connectivity index (χ1) is 7.79. The molecule has 2 aromatic rings. The van der Waals surface area contributed by atoms with E-state index in [1.54, 1.807) is 6.07 Å². The third-order valence-corrected chi connectivity index (χ3v) is 2.64. The second-order valence-electron chi connectivity index (χ2n) is 3.01. The number of nitrogens with zero attached hydrogens (tertiary/aromatic N) is 2. The average Bonchev–Trinajstić information content (AvgIpc) is 2.74. The number of nitriles is 1. The summed E-state index contributed by atoms with van der Waals surface area (Å²) in [5.74, 6) is 5.07. The molecule has 0 aliphatic carbocycles. The molecular formula is C12H7N3S. The Bertz CT molecular complexity index is 594.